The average molecular weight is 410 g/mol. The molecule has 2 fully saturated rings. The fraction of sp³-hybridized carbons (Fsp3) is 0.500. The Balaban J connectivity index is 1.25. The number of amides is 1. The lowest BCUT2D eigenvalue weighted by atomic mass is 9.98. The van der Waals surface area contributed by atoms with E-state index in [0.717, 1.165) is 63.3 Å². The standard InChI is InChI=1S/C24H31N3O3/c28-18-19-4-3-13-27(16-19)24(29)20-6-8-22(9-7-20)30-23-10-14-26(15-11-23)17-21-5-1-2-12-25-21/h1-2,5-9,12,19,23,28H,3-4,10-11,13-18H2/t19-/m0/s1. The van der Waals surface area contributed by atoms with E-state index < -0.39 is 0 Å². The Bertz CT molecular complexity index is 804. The van der Waals surface area contributed by atoms with E-state index in [1.807, 2.05) is 47.5 Å². The van der Waals surface area contributed by atoms with Gasteiger partial charge in [0.15, 0.2) is 0 Å². The van der Waals surface area contributed by atoms with Gasteiger partial charge in [0.05, 0.1) is 5.69 Å². The molecule has 160 valence electrons. The Morgan fingerprint density at radius 3 is 2.57 bits per heavy atom. The molecule has 6 heteroatoms. The number of hydrogen-bond donors (Lipinski definition) is 1. The lowest BCUT2D eigenvalue weighted by Gasteiger charge is -2.32. The van der Waals surface area contributed by atoms with Crippen LogP contribution in [0.3, 0.4) is 0 Å². The van der Waals surface area contributed by atoms with Crippen molar-refractivity contribution in [2.45, 2.75) is 38.3 Å². The summed E-state index contributed by atoms with van der Waals surface area (Å²) in [6.45, 7) is 4.45. The van der Waals surface area contributed by atoms with Crippen LogP contribution in [0.4, 0.5) is 0 Å². The third-order valence-corrected chi connectivity index (χ3v) is 6.11. The Morgan fingerprint density at radius 1 is 1.07 bits per heavy atom. The van der Waals surface area contributed by atoms with E-state index in [4.69, 9.17) is 4.74 Å². The third kappa shape index (κ3) is 5.37. The van der Waals surface area contributed by atoms with Gasteiger partial charge in [-0.1, -0.05) is 6.07 Å². The number of ether oxygens (including phenoxy) is 1. The molecule has 2 aromatic rings. The van der Waals surface area contributed by atoms with Crippen molar-refractivity contribution in [2.75, 3.05) is 32.8 Å². The molecule has 0 bridgehead atoms. The van der Waals surface area contributed by atoms with Gasteiger partial charge < -0.3 is 14.7 Å². The fourth-order valence-corrected chi connectivity index (χ4v) is 4.36. The normalized spacial score (nSPS) is 20.8. The Labute approximate surface area is 178 Å². The van der Waals surface area contributed by atoms with E-state index in [2.05, 4.69) is 16.0 Å². The summed E-state index contributed by atoms with van der Waals surface area (Å²) < 4.78 is 6.17. The SMILES string of the molecule is O=C(c1ccc(OC2CCN(Cc3ccccn3)CC2)cc1)N1CCC[C@H](CO)C1. The molecule has 1 N–H and O–H groups in total. The maximum absolute atomic E-state index is 12.7. The highest BCUT2D eigenvalue weighted by molar-refractivity contribution is 5.94. The Hall–Kier alpha value is -2.44. The van der Waals surface area contributed by atoms with Crippen LogP contribution in [0, 0.1) is 5.92 Å². The van der Waals surface area contributed by atoms with Crippen LogP contribution in [0.15, 0.2) is 48.7 Å². The second kappa shape index (κ2) is 10.0. The minimum absolute atomic E-state index is 0.0440. The zero-order valence-corrected chi connectivity index (χ0v) is 17.4. The number of benzene rings is 1. The number of pyridine rings is 1. The molecule has 0 radical (unpaired) electrons. The number of likely N-dealkylation sites (tertiary alicyclic amines) is 2. The predicted octanol–water partition coefficient (Wildman–Crippen LogP) is 2.97. The number of rotatable bonds is 6. The minimum atomic E-state index is 0.0440. The first kappa shape index (κ1) is 20.8. The maximum atomic E-state index is 12.7. The molecule has 3 heterocycles. The van der Waals surface area contributed by atoms with Crippen molar-refractivity contribution >= 4 is 5.91 Å². The van der Waals surface area contributed by atoms with Crippen LogP contribution in [0.1, 0.15) is 41.7 Å². The molecule has 2 aliphatic rings. The van der Waals surface area contributed by atoms with Gasteiger partial charge in [0.2, 0.25) is 0 Å². The van der Waals surface area contributed by atoms with E-state index in [1.165, 1.54) is 0 Å². The number of aliphatic hydroxyl groups excluding tert-OH is 1. The van der Waals surface area contributed by atoms with Gasteiger partial charge in [-0.2, -0.15) is 0 Å². The van der Waals surface area contributed by atoms with Crippen LogP contribution in [0.25, 0.3) is 0 Å². The number of aliphatic hydroxyl groups is 1. The molecular weight excluding hydrogens is 378 g/mol. The number of piperidine rings is 2. The minimum Gasteiger partial charge on any atom is -0.490 e. The van der Waals surface area contributed by atoms with Crippen molar-refractivity contribution in [2.24, 2.45) is 5.92 Å². The van der Waals surface area contributed by atoms with Crippen LogP contribution in [0.2, 0.25) is 0 Å². The lowest BCUT2D eigenvalue weighted by molar-refractivity contribution is 0.0620. The van der Waals surface area contributed by atoms with Gasteiger partial charge in [-0.05, 0) is 68.0 Å². The second-order valence-electron chi connectivity index (χ2n) is 8.38. The highest BCUT2D eigenvalue weighted by atomic mass is 16.5. The zero-order chi connectivity index (χ0) is 20.8. The first-order chi connectivity index (χ1) is 14.7. The molecule has 0 spiro atoms. The summed E-state index contributed by atoms with van der Waals surface area (Å²) in [7, 11) is 0. The number of aromatic nitrogens is 1. The average Bonchev–Trinajstić information content (AvgIpc) is 2.81. The van der Waals surface area contributed by atoms with Gasteiger partial charge in [0.25, 0.3) is 5.91 Å². The van der Waals surface area contributed by atoms with Gasteiger partial charge >= 0.3 is 0 Å². The van der Waals surface area contributed by atoms with E-state index in [0.29, 0.717) is 12.1 Å². The fourth-order valence-electron chi connectivity index (χ4n) is 4.36. The molecule has 0 saturated carbocycles. The van der Waals surface area contributed by atoms with Crippen molar-refractivity contribution in [3.05, 3.63) is 59.9 Å². The monoisotopic (exact) mass is 409 g/mol. The predicted molar refractivity (Wildman–Crippen MR) is 115 cm³/mol. The summed E-state index contributed by atoms with van der Waals surface area (Å²) in [6.07, 6.45) is 5.98. The molecule has 1 aromatic heterocycles. The summed E-state index contributed by atoms with van der Waals surface area (Å²) >= 11 is 0. The van der Waals surface area contributed by atoms with Gasteiger partial charge in [-0.25, -0.2) is 0 Å². The van der Waals surface area contributed by atoms with Crippen LogP contribution in [-0.4, -0.2) is 64.7 Å². The van der Waals surface area contributed by atoms with Gasteiger partial charge in [-0.3, -0.25) is 14.7 Å². The first-order valence-corrected chi connectivity index (χ1v) is 11.0. The molecule has 4 rings (SSSR count). The molecule has 30 heavy (non-hydrogen) atoms. The molecule has 2 aliphatic heterocycles. The Kier molecular flexibility index (Phi) is 6.97. The molecular formula is C24H31N3O3. The number of carbonyl (C=O) groups is 1. The Morgan fingerprint density at radius 2 is 1.87 bits per heavy atom. The molecule has 1 atom stereocenters. The molecule has 0 unspecified atom stereocenters. The number of nitrogens with zero attached hydrogens (tertiary/aromatic N) is 3. The quantitative estimate of drug-likeness (QED) is 0.795. The van der Waals surface area contributed by atoms with Crippen LogP contribution < -0.4 is 4.74 Å². The largest absolute Gasteiger partial charge is 0.490 e. The third-order valence-electron chi connectivity index (χ3n) is 6.11. The molecule has 1 aromatic carbocycles. The first-order valence-electron chi connectivity index (χ1n) is 11.0. The van der Waals surface area contributed by atoms with Crippen molar-refractivity contribution < 1.29 is 14.6 Å². The second-order valence-corrected chi connectivity index (χ2v) is 8.38. The zero-order valence-electron chi connectivity index (χ0n) is 17.4. The highest BCUT2D eigenvalue weighted by Gasteiger charge is 2.24. The van der Waals surface area contributed by atoms with Crippen LogP contribution >= 0.6 is 0 Å². The van der Waals surface area contributed by atoms with Gasteiger partial charge in [0.1, 0.15) is 11.9 Å². The topological polar surface area (TPSA) is 65.9 Å². The van der Waals surface area contributed by atoms with E-state index in [1.54, 1.807) is 0 Å². The van der Waals surface area contributed by atoms with E-state index in [-0.39, 0.29) is 24.5 Å². The lowest BCUT2D eigenvalue weighted by Crippen LogP contribution is -2.40. The molecule has 1 amide bonds. The van der Waals surface area contributed by atoms with Crippen molar-refractivity contribution in [1.82, 2.24) is 14.8 Å². The highest BCUT2D eigenvalue weighted by Crippen LogP contribution is 2.22. The summed E-state index contributed by atoms with van der Waals surface area (Å²) in [5, 5.41) is 9.38. The van der Waals surface area contributed by atoms with Crippen molar-refractivity contribution in [3.8, 4) is 5.75 Å². The van der Waals surface area contributed by atoms with E-state index in [9.17, 15) is 9.90 Å². The van der Waals surface area contributed by atoms with E-state index >= 15 is 0 Å². The van der Waals surface area contributed by atoms with Crippen LogP contribution in [-0.2, 0) is 6.54 Å². The number of hydrogen-bond acceptors (Lipinski definition) is 5. The molecule has 6 nitrogen and oxygen atoms in total. The summed E-state index contributed by atoms with van der Waals surface area (Å²) in [6, 6.07) is 13.6. The summed E-state index contributed by atoms with van der Waals surface area (Å²) in [5.41, 5.74) is 1.79. The summed E-state index contributed by atoms with van der Waals surface area (Å²) in [5.74, 6) is 1.07. The molecule has 2 saturated heterocycles. The van der Waals surface area contributed by atoms with Crippen LogP contribution in [0.5, 0.6) is 5.75 Å². The van der Waals surface area contributed by atoms with Crippen molar-refractivity contribution in [3.63, 3.8) is 0 Å². The molecule has 0 aliphatic carbocycles. The van der Waals surface area contributed by atoms with Gasteiger partial charge in [-0.15, -0.1) is 0 Å². The maximum Gasteiger partial charge on any atom is 0.253 e. The number of carbonyl (C=O) groups excluding carboxylic acids is 1. The smallest absolute Gasteiger partial charge is 0.253 e. The van der Waals surface area contributed by atoms with Crippen molar-refractivity contribution in [1.29, 1.82) is 0 Å². The van der Waals surface area contributed by atoms with Gasteiger partial charge in [0, 0.05) is 51.1 Å². The summed E-state index contributed by atoms with van der Waals surface area (Å²) in [4.78, 5) is 21.4.